The highest BCUT2D eigenvalue weighted by Gasteiger charge is 2.19. The van der Waals surface area contributed by atoms with Crippen LogP contribution in [0.15, 0.2) is 35.2 Å². The lowest BCUT2D eigenvalue weighted by Gasteiger charge is -2.14. The van der Waals surface area contributed by atoms with Crippen molar-refractivity contribution in [3.8, 4) is 0 Å². The molecule has 0 radical (unpaired) electrons. The molecule has 3 N–H and O–H groups in total. The summed E-state index contributed by atoms with van der Waals surface area (Å²) < 4.78 is 40.6. The Hall–Kier alpha value is -2.08. The van der Waals surface area contributed by atoms with Gasteiger partial charge in [0.2, 0.25) is 0 Å². The lowest BCUT2D eigenvalue weighted by molar-refractivity contribution is 0.594. The van der Waals surface area contributed by atoms with Gasteiger partial charge in [-0.2, -0.15) is 0 Å². The molecule has 0 atom stereocenters. The summed E-state index contributed by atoms with van der Waals surface area (Å²) in [5.41, 5.74) is 8.79. The maximum atomic E-state index is 13.3. The molecule has 0 bridgehead atoms. The Bertz CT molecular complexity index is 802. The number of nitrogens with two attached hydrogens (primary N) is 1. The molecule has 2 rings (SSSR count). The second-order valence-electron chi connectivity index (χ2n) is 5.04. The third kappa shape index (κ3) is 3.16. The second-order valence-corrected chi connectivity index (χ2v) is 6.69. The average Bonchev–Trinajstić information content (AvgIpc) is 2.38. The van der Waals surface area contributed by atoms with Gasteiger partial charge in [-0.05, 0) is 55.7 Å². The molecule has 0 spiro atoms. The van der Waals surface area contributed by atoms with Gasteiger partial charge in [0.25, 0.3) is 10.0 Å². The lowest BCUT2D eigenvalue weighted by Crippen LogP contribution is -2.15. The molecule has 2 aromatic rings. The van der Waals surface area contributed by atoms with E-state index in [0.29, 0.717) is 16.9 Å². The zero-order chi connectivity index (χ0) is 15.8. The van der Waals surface area contributed by atoms with Crippen molar-refractivity contribution in [1.29, 1.82) is 0 Å². The normalized spacial score (nSPS) is 11.4. The van der Waals surface area contributed by atoms with Crippen LogP contribution in [-0.2, 0) is 10.0 Å². The fourth-order valence-corrected chi connectivity index (χ4v) is 3.42. The summed E-state index contributed by atoms with van der Waals surface area (Å²) in [4.78, 5) is -0.0824. The van der Waals surface area contributed by atoms with Gasteiger partial charge in [0, 0.05) is 5.69 Å². The van der Waals surface area contributed by atoms with E-state index in [0.717, 1.165) is 17.2 Å². The van der Waals surface area contributed by atoms with Gasteiger partial charge in [-0.3, -0.25) is 4.72 Å². The molecule has 0 fully saturated rings. The Morgan fingerprint density at radius 3 is 2.33 bits per heavy atom. The van der Waals surface area contributed by atoms with Gasteiger partial charge in [0.05, 0.1) is 10.6 Å². The number of nitrogens with one attached hydrogen (secondary N) is 1. The number of benzene rings is 2. The first kappa shape index (κ1) is 15.3. The summed E-state index contributed by atoms with van der Waals surface area (Å²) in [6.45, 7) is 5.24. The first-order valence-corrected chi connectivity index (χ1v) is 7.85. The first-order chi connectivity index (χ1) is 9.70. The fourth-order valence-electron chi connectivity index (χ4n) is 2.04. The Morgan fingerprint density at radius 1 is 1.00 bits per heavy atom. The molecule has 0 aliphatic heterocycles. The van der Waals surface area contributed by atoms with Crippen LogP contribution in [0.25, 0.3) is 0 Å². The molecule has 0 saturated heterocycles. The molecule has 0 amide bonds. The van der Waals surface area contributed by atoms with E-state index in [2.05, 4.69) is 4.72 Å². The zero-order valence-electron chi connectivity index (χ0n) is 12.1. The zero-order valence-corrected chi connectivity index (χ0v) is 12.9. The number of halogens is 1. The van der Waals surface area contributed by atoms with Crippen LogP contribution < -0.4 is 10.5 Å². The maximum Gasteiger partial charge on any atom is 0.262 e. The number of rotatable bonds is 3. The lowest BCUT2D eigenvalue weighted by atomic mass is 10.1. The molecule has 0 aliphatic carbocycles. The fraction of sp³-hybridized carbons (Fsp3) is 0.200. The monoisotopic (exact) mass is 308 g/mol. The summed E-state index contributed by atoms with van der Waals surface area (Å²) in [7, 11) is -3.86. The van der Waals surface area contributed by atoms with E-state index >= 15 is 0 Å². The summed E-state index contributed by atoms with van der Waals surface area (Å²) in [5, 5.41) is 0. The molecular weight excluding hydrogens is 291 g/mol. The van der Waals surface area contributed by atoms with Gasteiger partial charge in [-0.25, -0.2) is 12.8 Å². The van der Waals surface area contributed by atoms with Gasteiger partial charge in [0.15, 0.2) is 0 Å². The van der Waals surface area contributed by atoms with E-state index in [-0.39, 0.29) is 4.90 Å². The average molecular weight is 308 g/mol. The summed E-state index contributed by atoms with van der Waals surface area (Å²) in [6, 6.07) is 7.02. The molecule has 112 valence electrons. The number of anilines is 2. The number of hydrogen-bond acceptors (Lipinski definition) is 3. The number of aryl methyl sites for hydroxylation is 3. The van der Waals surface area contributed by atoms with Crippen LogP contribution in [0.2, 0.25) is 0 Å². The van der Waals surface area contributed by atoms with E-state index in [1.165, 1.54) is 12.1 Å². The van der Waals surface area contributed by atoms with E-state index in [9.17, 15) is 12.8 Å². The van der Waals surface area contributed by atoms with Crippen molar-refractivity contribution < 1.29 is 12.8 Å². The van der Waals surface area contributed by atoms with Crippen LogP contribution in [-0.4, -0.2) is 8.42 Å². The molecule has 6 heteroatoms. The minimum absolute atomic E-state index is 0.0824. The SMILES string of the molecule is Cc1cc(C)c(NS(=O)(=O)c2cc(F)ccc2C)cc1N. The van der Waals surface area contributed by atoms with E-state index in [1.54, 1.807) is 26.0 Å². The van der Waals surface area contributed by atoms with Crippen molar-refractivity contribution in [2.45, 2.75) is 25.7 Å². The van der Waals surface area contributed by atoms with Crippen molar-refractivity contribution in [2.75, 3.05) is 10.5 Å². The molecule has 0 aliphatic rings. The molecule has 21 heavy (non-hydrogen) atoms. The topological polar surface area (TPSA) is 72.2 Å². The minimum Gasteiger partial charge on any atom is -0.398 e. The van der Waals surface area contributed by atoms with Gasteiger partial charge < -0.3 is 5.73 Å². The van der Waals surface area contributed by atoms with Crippen molar-refractivity contribution in [1.82, 2.24) is 0 Å². The number of sulfonamides is 1. The van der Waals surface area contributed by atoms with Crippen LogP contribution in [0, 0.1) is 26.6 Å². The predicted molar refractivity (Wildman–Crippen MR) is 82.3 cm³/mol. The number of nitrogen functional groups attached to an aromatic ring is 1. The summed E-state index contributed by atoms with van der Waals surface area (Å²) >= 11 is 0. The molecule has 0 saturated carbocycles. The highest BCUT2D eigenvalue weighted by Crippen LogP contribution is 2.26. The van der Waals surface area contributed by atoms with Crippen LogP contribution in [0.5, 0.6) is 0 Å². The molecule has 0 unspecified atom stereocenters. The third-order valence-corrected chi connectivity index (χ3v) is 4.80. The largest absolute Gasteiger partial charge is 0.398 e. The molecule has 2 aromatic carbocycles. The molecular formula is C15H17FN2O2S. The molecule has 4 nitrogen and oxygen atoms in total. The highest BCUT2D eigenvalue weighted by atomic mass is 32.2. The van der Waals surface area contributed by atoms with E-state index in [4.69, 9.17) is 5.73 Å². The Kier molecular flexibility index (Phi) is 3.91. The van der Waals surface area contributed by atoms with Gasteiger partial charge in [-0.1, -0.05) is 12.1 Å². The number of hydrogen-bond donors (Lipinski definition) is 2. The first-order valence-electron chi connectivity index (χ1n) is 6.36. The highest BCUT2D eigenvalue weighted by molar-refractivity contribution is 7.92. The summed E-state index contributed by atoms with van der Waals surface area (Å²) in [5.74, 6) is -0.596. The standard InChI is InChI=1S/C15H17FN2O2S/c1-9-4-5-12(16)7-15(9)21(19,20)18-14-8-13(17)10(2)6-11(14)3/h4-8,18H,17H2,1-3H3. The quantitative estimate of drug-likeness (QED) is 0.856. The Balaban J connectivity index is 2.47. The van der Waals surface area contributed by atoms with Crippen molar-refractivity contribution in [3.05, 3.63) is 52.8 Å². The van der Waals surface area contributed by atoms with Gasteiger partial charge in [0.1, 0.15) is 5.82 Å². The van der Waals surface area contributed by atoms with Crippen LogP contribution >= 0.6 is 0 Å². The van der Waals surface area contributed by atoms with Gasteiger partial charge >= 0.3 is 0 Å². The smallest absolute Gasteiger partial charge is 0.262 e. The van der Waals surface area contributed by atoms with Crippen molar-refractivity contribution >= 4 is 21.4 Å². The van der Waals surface area contributed by atoms with E-state index < -0.39 is 15.8 Å². The Morgan fingerprint density at radius 2 is 1.67 bits per heavy atom. The van der Waals surface area contributed by atoms with Crippen molar-refractivity contribution in [2.24, 2.45) is 0 Å². The molecule has 0 aromatic heterocycles. The van der Waals surface area contributed by atoms with Crippen molar-refractivity contribution in [3.63, 3.8) is 0 Å². The Labute approximate surface area is 123 Å². The maximum absolute atomic E-state index is 13.3. The van der Waals surface area contributed by atoms with E-state index in [1.807, 2.05) is 6.92 Å². The summed E-state index contributed by atoms with van der Waals surface area (Å²) in [6.07, 6.45) is 0. The predicted octanol–water partition coefficient (Wildman–Crippen LogP) is 3.13. The van der Waals surface area contributed by atoms with Gasteiger partial charge in [-0.15, -0.1) is 0 Å². The third-order valence-electron chi connectivity index (χ3n) is 3.30. The minimum atomic E-state index is -3.86. The van der Waals surface area contributed by atoms with Crippen LogP contribution in [0.3, 0.4) is 0 Å². The second kappa shape index (κ2) is 5.37. The molecule has 0 heterocycles. The van der Waals surface area contributed by atoms with Crippen LogP contribution in [0.1, 0.15) is 16.7 Å². The van der Waals surface area contributed by atoms with Crippen LogP contribution in [0.4, 0.5) is 15.8 Å².